The Kier molecular flexibility index (Phi) is 6.65. The maximum absolute atomic E-state index is 14.1. The highest BCUT2D eigenvalue weighted by Crippen LogP contribution is 2.26. The average Bonchev–Trinajstić information content (AvgIpc) is 3.38. The molecule has 0 saturated carbocycles. The molecular formula is C25H24FN5O2S. The van der Waals surface area contributed by atoms with Crippen molar-refractivity contribution in [3.05, 3.63) is 83.2 Å². The van der Waals surface area contributed by atoms with Crippen molar-refractivity contribution in [1.82, 2.24) is 19.3 Å². The van der Waals surface area contributed by atoms with Crippen LogP contribution in [0.15, 0.2) is 60.0 Å². The number of hydrogen-bond acceptors (Lipinski definition) is 5. The maximum atomic E-state index is 14.1. The first-order chi connectivity index (χ1) is 16.2. The Labute approximate surface area is 201 Å². The van der Waals surface area contributed by atoms with Gasteiger partial charge in [0.1, 0.15) is 12.1 Å². The molecule has 174 valence electrons. The summed E-state index contributed by atoms with van der Waals surface area (Å²) in [6.45, 7) is 6.92. The molecule has 0 saturated heterocycles. The lowest BCUT2D eigenvalue weighted by molar-refractivity contribution is -0.114. The van der Waals surface area contributed by atoms with Crippen molar-refractivity contribution in [3.8, 4) is 11.4 Å². The van der Waals surface area contributed by atoms with Crippen molar-refractivity contribution < 1.29 is 14.0 Å². The van der Waals surface area contributed by atoms with Crippen LogP contribution < -0.4 is 5.32 Å². The van der Waals surface area contributed by atoms with Gasteiger partial charge in [-0.25, -0.2) is 4.39 Å². The first-order valence-corrected chi connectivity index (χ1v) is 11.6. The zero-order valence-electron chi connectivity index (χ0n) is 19.3. The van der Waals surface area contributed by atoms with E-state index in [4.69, 9.17) is 0 Å². The van der Waals surface area contributed by atoms with E-state index in [9.17, 15) is 14.0 Å². The van der Waals surface area contributed by atoms with Crippen LogP contribution in [0.2, 0.25) is 0 Å². The van der Waals surface area contributed by atoms with Gasteiger partial charge < -0.3 is 9.88 Å². The fraction of sp³-hybridized carbons (Fsp3) is 0.200. The van der Waals surface area contributed by atoms with Crippen molar-refractivity contribution in [2.75, 3.05) is 11.1 Å². The van der Waals surface area contributed by atoms with E-state index < -0.39 is 0 Å². The van der Waals surface area contributed by atoms with Gasteiger partial charge in [-0.15, -0.1) is 10.2 Å². The molecule has 1 N–H and O–H groups in total. The number of carbonyl (C=O) groups is 2. The fourth-order valence-electron chi connectivity index (χ4n) is 3.81. The first-order valence-electron chi connectivity index (χ1n) is 10.6. The minimum Gasteiger partial charge on any atom is -0.326 e. The summed E-state index contributed by atoms with van der Waals surface area (Å²) in [6.07, 6.45) is 1.57. The lowest BCUT2D eigenvalue weighted by Gasteiger charge is -2.11. The van der Waals surface area contributed by atoms with E-state index in [2.05, 4.69) is 15.5 Å². The predicted octanol–water partition coefficient (Wildman–Crippen LogP) is 5.06. The van der Waals surface area contributed by atoms with Crippen LogP contribution in [-0.4, -0.2) is 36.8 Å². The Morgan fingerprint density at radius 2 is 1.85 bits per heavy atom. The van der Waals surface area contributed by atoms with E-state index in [1.54, 1.807) is 30.0 Å². The molecule has 9 heteroatoms. The van der Waals surface area contributed by atoms with Crippen molar-refractivity contribution in [2.24, 2.45) is 0 Å². The summed E-state index contributed by atoms with van der Waals surface area (Å²) in [6, 6.07) is 14.2. The standard InChI is InChI=1S/C25H24FN5O2S/c1-15-8-9-21(12-23(15)26)31-16(2)10-22(17(31)3)24(33)13-34-25-29-27-14-30(25)20-7-5-6-19(11-20)28-18(4)32/h5-12,14H,13H2,1-4H3,(H,28,32). The number of rotatable bonds is 7. The van der Waals surface area contributed by atoms with E-state index >= 15 is 0 Å². The van der Waals surface area contributed by atoms with Crippen molar-refractivity contribution in [3.63, 3.8) is 0 Å². The number of nitrogens with one attached hydrogen (secondary N) is 1. The molecule has 2 aromatic heterocycles. The van der Waals surface area contributed by atoms with Crippen LogP contribution in [-0.2, 0) is 4.79 Å². The highest BCUT2D eigenvalue weighted by atomic mass is 32.2. The molecule has 7 nitrogen and oxygen atoms in total. The van der Waals surface area contributed by atoms with Crippen LogP contribution in [0.5, 0.6) is 0 Å². The molecular weight excluding hydrogens is 453 g/mol. The van der Waals surface area contributed by atoms with Gasteiger partial charge in [0, 0.05) is 35.2 Å². The highest BCUT2D eigenvalue weighted by molar-refractivity contribution is 7.99. The second-order valence-electron chi connectivity index (χ2n) is 7.98. The summed E-state index contributed by atoms with van der Waals surface area (Å²) in [5.41, 5.74) is 4.89. The van der Waals surface area contributed by atoms with Gasteiger partial charge in [-0.2, -0.15) is 0 Å². The van der Waals surface area contributed by atoms with Crippen LogP contribution in [0.4, 0.5) is 10.1 Å². The van der Waals surface area contributed by atoms with Crippen LogP contribution in [0, 0.1) is 26.6 Å². The number of Topliss-reactive ketones (excluding diaryl/α,β-unsaturated/α-hetero) is 1. The normalized spacial score (nSPS) is 11.0. The molecule has 0 spiro atoms. The van der Waals surface area contributed by atoms with Gasteiger partial charge in [0.2, 0.25) is 5.91 Å². The van der Waals surface area contributed by atoms with E-state index in [1.165, 1.54) is 24.8 Å². The molecule has 1 amide bonds. The molecule has 0 bridgehead atoms. The SMILES string of the molecule is CC(=O)Nc1cccc(-n2cnnc2SCC(=O)c2cc(C)n(-c3ccc(C)c(F)c3)c2C)c1. The lowest BCUT2D eigenvalue weighted by atomic mass is 10.2. The van der Waals surface area contributed by atoms with Gasteiger partial charge in [-0.1, -0.05) is 23.9 Å². The maximum Gasteiger partial charge on any atom is 0.221 e. The molecule has 0 aliphatic rings. The number of amides is 1. The highest BCUT2D eigenvalue weighted by Gasteiger charge is 2.19. The van der Waals surface area contributed by atoms with E-state index in [0.717, 1.165) is 17.1 Å². The van der Waals surface area contributed by atoms with E-state index in [0.29, 0.717) is 27.7 Å². The van der Waals surface area contributed by atoms with Crippen molar-refractivity contribution in [2.45, 2.75) is 32.9 Å². The van der Waals surface area contributed by atoms with Gasteiger partial charge in [0.05, 0.1) is 11.4 Å². The molecule has 0 aliphatic heterocycles. The summed E-state index contributed by atoms with van der Waals surface area (Å²) in [5.74, 6) is -0.336. The molecule has 4 aromatic rings. The van der Waals surface area contributed by atoms with E-state index in [-0.39, 0.29) is 23.3 Å². The Morgan fingerprint density at radius 1 is 1.06 bits per heavy atom. The molecule has 0 atom stereocenters. The Morgan fingerprint density at radius 3 is 2.59 bits per heavy atom. The number of ketones is 1. The van der Waals surface area contributed by atoms with Crippen LogP contribution in [0.1, 0.15) is 34.2 Å². The minimum absolute atomic E-state index is 0.0570. The molecule has 0 fully saturated rings. The number of thioether (sulfide) groups is 1. The number of carbonyl (C=O) groups excluding carboxylic acids is 2. The first kappa shape index (κ1) is 23.4. The molecule has 2 heterocycles. The number of benzene rings is 2. The van der Waals surface area contributed by atoms with Gasteiger partial charge in [-0.05, 0) is 62.7 Å². The van der Waals surface area contributed by atoms with E-state index in [1.807, 2.05) is 48.7 Å². The third kappa shape index (κ3) is 4.79. The summed E-state index contributed by atoms with van der Waals surface area (Å²) in [4.78, 5) is 24.4. The van der Waals surface area contributed by atoms with Gasteiger partial charge in [0.25, 0.3) is 0 Å². The molecule has 0 unspecified atom stereocenters. The molecule has 2 aromatic carbocycles. The third-order valence-corrected chi connectivity index (χ3v) is 6.38. The number of nitrogens with zero attached hydrogens (tertiary/aromatic N) is 4. The Hall–Kier alpha value is -3.72. The summed E-state index contributed by atoms with van der Waals surface area (Å²) < 4.78 is 17.8. The zero-order valence-corrected chi connectivity index (χ0v) is 20.1. The zero-order chi connectivity index (χ0) is 24.4. The third-order valence-electron chi connectivity index (χ3n) is 5.44. The fourth-order valence-corrected chi connectivity index (χ4v) is 4.62. The van der Waals surface area contributed by atoms with Gasteiger partial charge >= 0.3 is 0 Å². The van der Waals surface area contributed by atoms with Crippen molar-refractivity contribution >= 4 is 29.1 Å². The summed E-state index contributed by atoms with van der Waals surface area (Å²) in [7, 11) is 0. The predicted molar refractivity (Wildman–Crippen MR) is 131 cm³/mol. The molecule has 34 heavy (non-hydrogen) atoms. The largest absolute Gasteiger partial charge is 0.326 e. The van der Waals surface area contributed by atoms with Crippen LogP contribution in [0.3, 0.4) is 0 Å². The second kappa shape index (κ2) is 9.64. The average molecular weight is 478 g/mol. The molecule has 0 aliphatic carbocycles. The number of aryl methyl sites for hydroxylation is 2. The van der Waals surface area contributed by atoms with Crippen LogP contribution in [0.25, 0.3) is 11.4 Å². The summed E-state index contributed by atoms with van der Waals surface area (Å²) >= 11 is 1.28. The van der Waals surface area contributed by atoms with Crippen molar-refractivity contribution in [1.29, 1.82) is 0 Å². The monoisotopic (exact) mass is 477 g/mol. The van der Waals surface area contributed by atoms with Crippen LogP contribution >= 0.6 is 11.8 Å². The van der Waals surface area contributed by atoms with Gasteiger partial charge in [0.15, 0.2) is 10.9 Å². The number of aromatic nitrogens is 4. The molecule has 4 rings (SSSR count). The second-order valence-corrected chi connectivity index (χ2v) is 8.92. The van der Waals surface area contributed by atoms with Gasteiger partial charge in [-0.3, -0.25) is 14.2 Å². The smallest absolute Gasteiger partial charge is 0.221 e. The lowest BCUT2D eigenvalue weighted by Crippen LogP contribution is -2.07. The number of halogens is 1. The minimum atomic E-state index is -0.282. The number of anilines is 1. The Bertz CT molecular complexity index is 1390. The number of hydrogen-bond donors (Lipinski definition) is 1. The topological polar surface area (TPSA) is 81.8 Å². The summed E-state index contributed by atoms with van der Waals surface area (Å²) in [5, 5.41) is 11.4. The molecule has 0 radical (unpaired) electrons. The Balaban J connectivity index is 1.53. The quantitative estimate of drug-likeness (QED) is 0.297.